The Hall–Kier alpha value is -3.69. The van der Waals surface area contributed by atoms with Gasteiger partial charge in [-0.05, 0) is 41.8 Å². The topological polar surface area (TPSA) is 93.0 Å². The minimum Gasteiger partial charge on any atom is -0.334 e. The molecule has 2 aromatic carbocycles. The maximum atomic E-state index is 12.9. The molecule has 0 saturated heterocycles. The zero-order chi connectivity index (χ0) is 21.9. The lowest BCUT2D eigenvalue weighted by molar-refractivity contribution is -0.383. The molecule has 3 aromatic rings. The second-order valence-electron chi connectivity index (χ2n) is 6.78. The molecule has 0 amide bonds. The van der Waals surface area contributed by atoms with E-state index in [1.807, 2.05) is 26.0 Å². The highest BCUT2D eigenvalue weighted by molar-refractivity contribution is 5.76. The molecule has 10 heteroatoms. The maximum Gasteiger partial charge on any atom is 0.416 e. The Morgan fingerprint density at radius 3 is 2.10 bits per heavy atom. The molecular formula is C20H18F3N5O2. The third-order valence-corrected chi connectivity index (χ3v) is 4.30. The van der Waals surface area contributed by atoms with E-state index in [4.69, 9.17) is 0 Å². The number of rotatable bonds is 6. The molecule has 3 rings (SSSR count). The minimum absolute atomic E-state index is 0.0128. The number of nitro groups is 1. The highest BCUT2D eigenvalue weighted by Crippen LogP contribution is 2.35. The summed E-state index contributed by atoms with van der Waals surface area (Å²) in [6, 6.07) is 11.6. The first-order valence-electron chi connectivity index (χ1n) is 8.96. The van der Waals surface area contributed by atoms with Gasteiger partial charge >= 0.3 is 11.9 Å². The standard InChI is InChI=1S/C20H18F3N5O2/c1-12(2)13-6-8-15(9-7-13)26-18-17(28(29)30)19(25-11-24-18)27-16-5-3-4-14(10-16)20(21,22)23/h3-12H,1-2H3,(H2,24,25,26,27). The minimum atomic E-state index is -4.54. The average Bonchev–Trinajstić information content (AvgIpc) is 2.68. The first kappa shape index (κ1) is 21.0. The van der Waals surface area contributed by atoms with E-state index in [-0.39, 0.29) is 17.3 Å². The number of benzene rings is 2. The van der Waals surface area contributed by atoms with Gasteiger partial charge in [-0.1, -0.05) is 32.0 Å². The summed E-state index contributed by atoms with van der Waals surface area (Å²) in [6.45, 7) is 4.09. The zero-order valence-electron chi connectivity index (χ0n) is 16.1. The van der Waals surface area contributed by atoms with Gasteiger partial charge in [0.1, 0.15) is 6.33 Å². The molecule has 30 heavy (non-hydrogen) atoms. The van der Waals surface area contributed by atoms with Gasteiger partial charge in [0.2, 0.25) is 11.6 Å². The summed E-state index contributed by atoms with van der Waals surface area (Å²) < 4.78 is 38.8. The van der Waals surface area contributed by atoms with Crippen molar-refractivity contribution in [3.05, 3.63) is 76.1 Å². The van der Waals surface area contributed by atoms with E-state index in [2.05, 4.69) is 20.6 Å². The van der Waals surface area contributed by atoms with Gasteiger partial charge in [0.25, 0.3) is 0 Å². The second kappa shape index (κ2) is 8.36. The predicted octanol–water partition coefficient (Wildman–Crippen LogP) is 6.01. The summed E-state index contributed by atoms with van der Waals surface area (Å²) in [7, 11) is 0. The van der Waals surface area contributed by atoms with E-state index >= 15 is 0 Å². The van der Waals surface area contributed by atoms with Crippen LogP contribution in [-0.4, -0.2) is 14.9 Å². The van der Waals surface area contributed by atoms with Gasteiger partial charge in [0.05, 0.1) is 10.5 Å². The Bertz CT molecular complexity index is 1050. The van der Waals surface area contributed by atoms with E-state index in [9.17, 15) is 23.3 Å². The molecule has 0 unspecified atom stereocenters. The highest BCUT2D eigenvalue weighted by Gasteiger charge is 2.31. The third-order valence-electron chi connectivity index (χ3n) is 4.30. The van der Waals surface area contributed by atoms with Crippen molar-refractivity contribution >= 4 is 28.7 Å². The largest absolute Gasteiger partial charge is 0.416 e. The van der Waals surface area contributed by atoms with Crippen LogP contribution in [0.5, 0.6) is 0 Å². The summed E-state index contributed by atoms with van der Waals surface area (Å²) in [5.74, 6) is 0.0214. The summed E-state index contributed by atoms with van der Waals surface area (Å²) in [6.07, 6.45) is -3.45. The molecule has 2 N–H and O–H groups in total. The molecule has 0 aliphatic carbocycles. The molecule has 0 radical (unpaired) electrons. The summed E-state index contributed by atoms with van der Waals surface area (Å²) in [5, 5.41) is 17.1. The average molecular weight is 417 g/mol. The molecule has 0 aliphatic rings. The second-order valence-corrected chi connectivity index (χ2v) is 6.78. The van der Waals surface area contributed by atoms with Crippen LogP contribution in [0.15, 0.2) is 54.9 Å². The fourth-order valence-corrected chi connectivity index (χ4v) is 2.73. The van der Waals surface area contributed by atoms with Crippen molar-refractivity contribution in [2.24, 2.45) is 0 Å². The quantitative estimate of drug-likeness (QED) is 0.377. The Kier molecular flexibility index (Phi) is 5.86. The Balaban J connectivity index is 1.93. The third kappa shape index (κ3) is 4.83. The van der Waals surface area contributed by atoms with Gasteiger partial charge in [-0.3, -0.25) is 10.1 Å². The van der Waals surface area contributed by atoms with E-state index < -0.39 is 22.4 Å². The van der Waals surface area contributed by atoms with Gasteiger partial charge in [0, 0.05) is 11.4 Å². The molecule has 1 heterocycles. The molecule has 0 spiro atoms. The Morgan fingerprint density at radius 2 is 1.57 bits per heavy atom. The van der Waals surface area contributed by atoms with Crippen LogP contribution >= 0.6 is 0 Å². The highest BCUT2D eigenvalue weighted by atomic mass is 19.4. The van der Waals surface area contributed by atoms with Crippen molar-refractivity contribution in [1.29, 1.82) is 0 Å². The van der Waals surface area contributed by atoms with Crippen molar-refractivity contribution in [1.82, 2.24) is 9.97 Å². The molecule has 7 nitrogen and oxygen atoms in total. The smallest absolute Gasteiger partial charge is 0.334 e. The number of aromatic nitrogens is 2. The molecular weight excluding hydrogens is 399 g/mol. The zero-order valence-corrected chi connectivity index (χ0v) is 16.1. The van der Waals surface area contributed by atoms with Crippen LogP contribution in [-0.2, 0) is 6.18 Å². The molecule has 0 bridgehead atoms. The lowest BCUT2D eigenvalue weighted by Crippen LogP contribution is -2.07. The van der Waals surface area contributed by atoms with Gasteiger partial charge in [0.15, 0.2) is 0 Å². The molecule has 0 atom stereocenters. The van der Waals surface area contributed by atoms with Crippen LogP contribution in [0.2, 0.25) is 0 Å². The maximum absolute atomic E-state index is 12.9. The van der Waals surface area contributed by atoms with Gasteiger partial charge in [-0.2, -0.15) is 13.2 Å². The van der Waals surface area contributed by atoms with Gasteiger partial charge in [-0.25, -0.2) is 9.97 Å². The fraction of sp³-hybridized carbons (Fsp3) is 0.200. The monoisotopic (exact) mass is 417 g/mol. The van der Waals surface area contributed by atoms with Crippen molar-refractivity contribution < 1.29 is 18.1 Å². The lowest BCUT2D eigenvalue weighted by atomic mass is 10.0. The van der Waals surface area contributed by atoms with E-state index in [0.717, 1.165) is 24.0 Å². The number of hydrogen-bond acceptors (Lipinski definition) is 6. The van der Waals surface area contributed by atoms with Gasteiger partial charge in [-0.15, -0.1) is 0 Å². The molecule has 0 fully saturated rings. The van der Waals surface area contributed by atoms with E-state index in [1.165, 1.54) is 12.1 Å². The van der Waals surface area contributed by atoms with E-state index in [1.54, 1.807) is 12.1 Å². The van der Waals surface area contributed by atoms with E-state index in [0.29, 0.717) is 11.6 Å². The van der Waals surface area contributed by atoms with Crippen LogP contribution in [0, 0.1) is 10.1 Å². The van der Waals surface area contributed by atoms with Crippen molar-refractivity contribution in [3.8, 4) is 0 Å². The van der Waals surface area contributed by atoms with Gasteiger partial charge < -0.3 is 10.6 Å². The Morgan fingerprint density at radius 1 is 0.967 bits per heavy atom. The van der Waals surface area contributed by atoms with Crippen molar-refractivity contribution in [2.75, 3.05) is 10.6 Å². The molecule has 0 saturated carbocycles. The van der Waals surface area contributed by atoms with Crippen molar-refractivity contribution in [3.63, 3.8) is 0 Å². The number of anilines is 4. The number of halogens is 3. The summed E-state index contributed by atoms with van der Waals surface area (Å²) in [4.78, 5) is 18.7. The first-order valence-corrected chi connectivity index (χ1v) is 8.96. The molecule has 1 aromatic heterocycles. The number of nitrogens with zero attached hydrogens (tertiary/aromatic N) is 3. The molecule has 156 valence electrons. The number of alkyl halides is 3. The first-order chi connectivity index (χ1) is 14.1. The fourth-order valence-electron chi connectivity index (χ4n) is 2.73. The summed E-state index contributed by atoms with van der Waals surface area (Å²) in [5.41, 5.74) is 0.324. The number of nitrogens with one attached hydrogen (secondary N) is 2. The van der Waals surface area contributed by atoms with Crippen LogP contribution in [0.1, 0.15) is 30.9 Å². The van der Waals surface area contributed by atoms with Crippen LogP contribution in [0.3, 0.4) is 0 Å². The van der Waals surface area contributed by atoms with Crippen LogP contribution < -0.4 is 10.6 Å². The number of hydrogen-bond donors (Lipinski definition) is 2. The molecule has 0 aliphatic heterocycles. The predicted molar refractivity (Wildman–Crippen MR) is 107 cm³/mol. The normalized spacial score (nSPS) is 11.4. The summed E-state index contributed by atoms with van der Waals surface area (Å²) >= 11 is 0. The lowest BCUT2D eigenvalue weighted by Gasteiger charge is -2.12. The van der Waals surface area contributed by atoms with Crippen molar-refractivity contribution in [2.45, 2.75) is 25.9 Å². The van der Waals surface area contributed by atoms with Crippen LogP contribution in [0.4, 0.5) is 41.9 Å². The Labute approximate surface area is 170 Å². The van der Waals surface area contributed by atoms with Crippen LogP contribution in [0.25, 0.3) is 0 Å². The SMILES string of the molecule is CC(C)c1ccc(Nc2ncnc(Nc3cccc(C(F)(F)F)c3)c2[N+](=O)[O-])cc1.